The Bertz CT molecular complexity index is 1040. The van der Waals surface area contributed by atoms with E-state index in [1.54, 1.807) is 20.3 Å². The molecule has 0 unspecified atom stereocenters. The molecule has 0 aliphatic carbocycles. The average molecular weight is 395 g/mol. The maximum absolute atomic E-state index is 12.8. The Balaban J connectivity index is 1.53. The maximum atomic E-state index is 12.8. The summed E-state index contributed by atoms with van der Waals surface area (Å²) in [5, 5.41) is 10.1. The first kappa shape index (κ1) is 19.4. The third-order valence-electron chi connectivity index (χ3n) is 5.62. The molecule has 1 aromatic heterocycles. The zero-order chi connectivity index (χ0) is 20.4. The normalized spacial score (nSPS) is 15.3. The molecule has 2 aromatic carbocycles. The summed E-state index contributed by atoms with van der Waals surface area (Å²) in [7, 11) is 3.37. The highest BCUT2D eigenvalue weighted by Crippen LogP contribution is 2.27. The molecule has 0 saturated carbocycles. The van der Waals surface area contributed by atoms with Gasteiger partial charge in [0.15, 0.2) is 6.29 Å². The van der Waals surface area contributed by atoms with Gasteiger partial charge in [0.2, 0.25) is 0 Å². The first-order valence-electron chi connectivity index (χ1n) is 9.72. The number of ether oxygens (including phenoxy) is 2. The number of aromatic nitrogens is 2. The molecule has 0 radical (unpaired) electrons. The number of methoxy groups -OCH3 is 2. The van der Waals surface area contributed by atoms with Crippen molar-refractivity contribution in [2.75, 3.05) is 32.2 Å². The van der Waals surface area contributed by atoms with Crippen LogP contribution in [0.15, 0.2) is 53.6 Å². The summed E-state index contributed by atoms with van der Waals surface area (Å²) in [6.45, 7) is 1.87. The number of hydrogen-bond donors (Lipinski definition) is 1. The van der Waals surface area contributed by atoms with Gasteiger partial charge in [-0.05, 0) is 55.3 Å². The molecule has 0 atom stereocenters. The minimum Gasteiger partial charge on any atom is -0.508 e. The lowest BCUT2D eigenvalue weighted by Crippen LogP contribution is -2.39. The van der Waals surface area contributed by atoms with Crippen LogP contribution < -0.4 is 10.5 Å². The van der Waals surface area contributed by atoms with Gasteiger partial charge in [0, 0.05) is 38.9 Å². The molecule has 3 aromatic rings. The largest absolute Gasteiger partial charge is 0.508 e. The number of piperidine rings is 1. The third kappa shape index (κ3) is 3.83. The molecule has 1 N–H and O–H groups in total. The van der Waals surface area contributed by atoms with Crippen LogP contribution in [0.4, 0.5) is 5.69 Å². The van der Waals surface area contributed by atoms with Gasteiger partial charge in [-0.3, -0.25) is 9.36 Å². The summed E-state index contributed by atoms with van der Waals surface area (Å²) in [6.07, 6.45) is 3.39. The first-order valence-corrected chi connectivity index (χ1v) is 9.72. The molecule has 1 aliphatic rings. The zero-order valence-electron chi connectivity index (χ0n) is 16.6. The van der Waals surface area contributed by atoms with Crippen LogP contribution >= 0.6 is 0 Å². The summed E-state index contributed by atoms with van der Waals surface area (Å²) in [5.74, 6) is 0.455. The van der Waals surface area contributed by atoms with Gasteiger partial charge in [0.1, 0.15) is 12.1 Å². The number of rotatable bonds is 5. The average Bonchev–Trinajstić information content (AvgIpc) is 2.76. The molecule has 29 heavy (non-hydrogen) atoms. The third-order valence-corrected chi connectivity index (χ3v) is 5.62. The van der Waals surface area contributed by atoms with Crippen molar-refractivity contribution in [1.29, 1.82) is 0 Å². The van der Waals surface area contributed by atoms with Crippen molar-refractivity contribution in [3.8, 4) is 11.4 Å². The second kappa shape index (κ2) is 8.23. The van der Waals surface area contributed by atoms with Gasteiger partial charge in [-0.2, -0.15) is 0 Å². The van der Waals surface area contributed by atoms with E-state index in [0.29, 0.717) is 16.8 Å². The van der Waals surface area contributed by atoms with Crippen LogP contribution in [0.2, 0.25) is 0 Å². The molecule has 1 aliphatic heterocycles. The zero-order valence-corrected chi connectivity index (χ0v) is 16.6. The Morgan fingerprint density at radius 2 is 1.69 bits per heavy atom. The van der Waals surface area contributed by atoms with E-state index in [2.05, 4.69) is 9.88 Å². The van der Waals surface area contributed by atoms with Crippen molar-refractivity contribution in [1.82, 2.24) is 9.55 Å². The minimum absolute atomic E-state index is 0.0529. The molecule has 1 fully saturated rings. The lowest BCUT2D eigenvalue weighted by atomic mass is 9.95. The van der Waals surface area contributed by atoms with Gasteiger partial charge in [-0.15, -0.1) is 0 Å². The number of benzene rings is 2. The van der Waals surface area contributed by atoms with Crippen LogP contribution in [-0.4, -0.2) is 48.3 Å². The van der Waals surface area contributed by atoms with Crippen molar-refractivity contribution >= 4 is 16.6 Å². The van der Waals surface area contributed by atoms with Crippen molar-refractivity contribution in [2.45, 2.75) is 19.1 Å². The number of phenolic OH excluding ortho intramolecular Hbond substituents is 1. The summed E-state index contributed by atoms with van der Waals surface area (Å²) in [4.78, 5) is 19.5. The van der Waals surface area contributed by atoms with Crippen LogP contribution in [-0.2, 0) is 9.47 Å². The van der Waals surface area contributed by atoms with Crippen LogP contribution in [0, 0.1) is 5.92 Å². The fourth-order valence-corrected chi connectivity index (χ4v) is 4.03. The van der Waals surface area contributed by atoms with Crippen molar-refractivity contribution in [3.05, 3.63) is 59.1 Å². The summed E-state index contributed by atoms with van der Waals surface area (Å²) >= 11 is 0. The summed E-state index contributed by atoms with van der Waals surface area (Å²) in [6, 6.07) is 12.5. The van der Waals surface area contributed by atoms with Gasteiger partial charge in [0.05, 0.1) is 16.6 Å². The van der Waals surface area contributed by atoms with Crippen molar-refractivity contribution in [2.24, 2.45) is 5.92 Å². The quantitative estimate of drug-likeness (QED) is 0.670. The summed E-state index contributed by atoms with van der Waals surface area (Å²) in [5.41, 5.74) is 2.22. The van der Waals surface area contributed by atoms with E-state index in [4.69, 9.17) is 9.47 Å². The van der Waals surface area contributed by atoms with Gasteiger partial charge >= 0.3 is 0 Å². The predicted octanol–water partition coefficient (Wildman–Crippen LogP) is 2.93. The van der Waals surface area contributed by atoms with E-state index in [1.165, 1.54) is 23.0 Å². The van der Waals surface area contributed by atoms with E-state index in [0.717, 1.165) is 37.3 Å². The summed E-state index contributed by atoms with van der Waals surface area (Å²) < 4.78 is 12.3. The van der Waals surface area contributed by atoms with Crippen molar-refractivity contribution < 1.29 is 14.6 Å². The topological polar surface area (TPSA) is 76.8 Å². The number of aromatic hydroxyl groups is 1. The number of phenols is 1. The van der Waals surface area contributed by atoms with Crippen LogP contribution in [0.3, 0.4) is 0 Å². The van der Waals surface area contributed by atoms with E-state index < -0.39 is 0 Å². The molecular formula is C22H25N3O4. The second-order valence-corrected chi connectivity index (χ2v) is 7.30. The molecule has 7 nitrogen and oxygen atoms in total. The number of anilines is 1. The molecule has 152 valence electrons. The van der Waals surface area contributed by atoms with E-state index in [9.17, 15) is 9.90 Å². The molecule has 0 spiro atoms. The van der Waals surface area contributed by atoms with Gasteiger partial charge in [0.25, 0.3) is 5.56 Å². The Labute approximate surface area is 169 Å². The Hall–Kier alpha value is -2.90. The fraction of sp³-hybridized carbons (Fsp3) is 0.364. The fourth-order valence-electron chi connectivity index (χ4n) is 4.03. The van der Waals surface area contributed by atoms with Crippen LogP contribution in [0.25, 0.3) is 16.6 Å². The molecule has 7 heteroatoms. The molecule has 2 heterocycles. The standard InChI is InChI=1S/C22H25N3O4/c1-28-22(29-2)15-9-11-24(12-10-15)16-3-5-17(6-4-16)25-14-23-20-8-7-18(26)13-19(20)21(25)27/h3-8,13-15,22,26H,9-12H2,1-2H3. The lowest BCUT2D eigenvalue weighted by Gasteiger charge is -2.36. The monoisotopic (exact) mass is 395 g/mol. The highest BCUT2D eigenvalue weighted by Gasteiger charge is 2.26. The molecule has 0 bridgehead atoms. The molecular weight excluding hydrogens is 370 g/mol. The molecule has 4 rings (SSSR count). The maximum Gasteiger partial charge on any atom is 0.265 e. The van der Waals surface area contributed by atoms with Gasteiger partial charge < -0.3 is 19.5 Å². The second-order valence-electron chi connectivity index (χ2n) is 7.30. The Kier molecular flexibility index (Phi) is 5.51. The van der Waals surface area contributed by atoms with Crippen LogP contribution in [0.5, 0.6) is 5.75 Å². The van der Waals surface area contributed by atoms with Crippen LogP contribution in [0.1, 0.15) is 12.8 Å². The van der Waals surface area contributed by atoms with Crippen molar-refractivity contribution in [3.63, 3.8) is 0 Å². The van der Waals surface area contributed by atoms with E-state index >= 15 is 0 Å². The molecule has 1 saturated heterocycles. The predicted molar refractivity (Wildman–Crippen MR) is 112 cm³/mol. The number of fused-ring (bicyclic) bond motifs is 1. The molecule has 0 amide bonds. The Morgan fingerprint density at radius 1 is 1.03 bits per heavy atom. The Morgan fingerprint density at radius 3 is 2.34 bits per heavy atom. The van der Waals surface area contributed by atoms with E-state index in [-0.39, 0.29) is 17.6 Å². The highest BCUT2D eigenvalue weighted by atomic mass is 16.7. The SMILES string of the molecule is COC(OC)C1CCN(c2ccc(-n3cnc4ccc(O)cc4c3=O)cc2)CC1. The highest BCUT2D eigenvalue weighted by molar-refractivity contribution is 5.79. The minimum atomic E-state index is -0.204. The van der Waals surface area contributed by atoms with Gasteiger partial charge in [-0.1, -0.05) is 0 Å². The van der Waals surface area contributed by atoms with Gasteiger partial charge in [-0.25, -0.2) is 4.98 Å². The smallest absolute Gasteiger partial charge is 0.265 e. The number of hydrogen-bond acceptors (Lipinski definition) is 6. The van der Waals surface area contributed by atoms with E-state index in [1.807, 2.05) is 24.3 Å². The first-order chi connectivity index (χ1) is 14.1. The lowest BCUT2D eigenvalue weighted by molar-refractivity contribution is -0.141. The number of nitrogens with zero attached hydrogens (tertiary/aromatic N) is 3.